The maximum Gasteiger partial charge on any atom is 0.330 e. The highest BCUT2D eigenvalue weighted by Crippen LogP contribution is 2.40. The number of benzene rings is 1. The van der Waals surface area contributed by atoms with E-state index in [-0.39, 0.29) is 12.1 Å². The van der Waals surface area contributed by atoms with Gasteiger partial charge in [0, 0.05) is 13.2 Å². The zero-order valence-corrected chi connectivity index (χ0v) is 13.0. The summed E-state index contributed by atoms with van der Waals surface area (Å²) in [5.41, 5.74) is 1.00. The first-order chi connectivity index (χ1) is 10.1. The van der Waals surface area contributed by atoms with Crippen molar-refractivity contribution in [2.24, 2.45) is 11.8 Å². The molecule has 0 N–H and O–H groups in total. The van der Waals surface area contributed by atoms with Gasteiger partial charge in [-0.1, -0.05) is 43.3 Å². The average Bonchev–Trinajstić information content (AvgIpc) is 2.77. The highest BCUT2D eigenvalue weighted by Gasteiger charge is 2.36. The van der Waals surface area contributed by atoms with Crippen LogP contribution in [0.3, 0.4) is 0 Å². The number of hydrogen-bond acceptors (Lipinski definition) is 3. The fourth-order valence-corrected chi connectivity index (χ4v) is 3.22. The third-order valence-corrected chi connectivity index (χ3v) is 4.37. The summed E-state index contributed by atoms with van der Waals surface area (Å²) in [5.74, 6) is 1.07. The number of carbonyl (C=O) groups is 1. The Hall–Kier alpha value is -1.55. The van der Waals surface area contributed by atoms with Gasteiger partial charge in [0.2, 0.25) is 0 Å². The van der Waals surface area contributed by atoms with Crippen LogP contribution in [-0.2, 0) is 20.9 Å². The van der Waals surface area contributed by atoms with Gasteiger partial charge in [0.1, 0.15) is 14.5 Å². The largest absolute Gasteiger partial charge is 0.458 e. The Labute approximate surface area is 127 Å². The molecule has 1 saturated carbocycles. The van der Waals surface area contributed by atoms with Crippen LogP contribution in [0.1, 0.15) is 18.9 Å². The normalized spacial score (nSPS) is 28.9. The van der Waals surface area contributed by atoms with Crippen LogP contribution in [0.4, 0.5) is 0 Å². The maximum atomic E-state index is 11.8. The molecule has 0 heterocycles. The number of carbonyl (C=O) groups excluding carboxylic acids is 1. The molecule has 0 saturated heterocycles. The molecule has 1 aliphatic carbocycles. The maximum absolute atomic E-state index is 11.8. The Kier molecular flexibility index (Phi) is 5.63. The summed E-state index contributed by atoms with van der Waals surface area (Å²) in [5, 5.41) is 0. The Balaban J connectivity index is 1.82. The second-order valence-corrected chi connectivity index (χ2v) is 5.89. The van der Waals surface area contributed by atoms with Crippen molar-refractivity contribution in [3.63, 3.8) is 0 Å². The van der Waals surface area contributed by atoms with Crippen LogP contribution in [0.25, 0.3) is 0 Å². The molecule has 2 rings (SSSR count). The lowest BCUT2D eigenvalue weighted by Gasteiger charge is -2.19. The lowest BCUT2D eigenvalue weighted by molar-refractivity contribution is -0.139. The summed E-state index contributed by atoms with van der Waals surface area (Å²) in [6.07, 6.45) is 4.88. The van der Waals surface area contributed by atoms with Crippen LogP contribution < -0.4 is 0 Å². The van der Waals surface area contributed by atoms with Crippen LogP contribution in [0.15, 0.2) is 42.5 Å². The lowest BCUT2D eigenvalue weighted by Crippen LogP contribution is -2.20. The van der Waals surface area contributed by atoms with E-state index in [1.54, 1.807) is 13.2 Å². The van der Waals surface area contributed by atoms with Crippen molar-refractivity contribution in [1.82, 2.24) is 0 Å². The zero-order valence-electron chi connectivity index (χ0n) is 13.0. The van der Waals surface area contributed by atoms with E-state index >= 15 is 0 Å². The molecular formula is C17H23BO3. The van der Waals surface area contributed by atoms with E-state index in [1.165, 1.54) is 0 Å². The number of rotatable bonds is 5. The molecule has 0 aromatic heterocycles. The molecule has 21 heavy (non-hydrogen) atoms. The third-order valence-electron chi connectivity index (χ3n) is 4.37. The first kappa shape index (κ1) is 15.8. The summed E-state index contributed by atoms with van der Waals surface area (Å²) in [6.45, 7) is 2.50. The summed E-state index contributed by atoms with van der Waals surface area (Å²) in [4.78, 5) is 11.8. The smallest absolute Gasteiger partial charge is 0.330 e. The highest BCUT2D eigenvalue weighted by molar-refractivity contribution is 6.12. The van der Waals surface area contributed by atoms with E-state index in [4.69, 9.17) is 9.47 Å². The minimum absolute atomic E-state index is 0.278. The molecule has 3 nitrogen and oxygen atoms in total. The number of ether oxygens (including phenoxy) is 2. The van der Waals surface area contributed by atoms with Crippen molar-refractivity contribution < 1.29 is 14.3 Å². The molecule has 1 aliphatic rings. The van der Waals surface area contributed by atoms with Crippen molar-refractivity contribution >= 4 is 13.8 Å². The Morgan fingerprint density at radius 2 is 2.10 bits per heavy atom. The van der Waals surface area contributed by atoms with Gasteiger partial charge in [-0.2, -0.15) is 0 Å². The fraction of sp³-hybridized carbons (Fsp3) is 0.471. The topological polar surface area (TPSA) is 35.5 Å². The molecule has 0 bridgehead atoms. The average molecular weight is 286 g/mol. The molecule has 1 aromatic carbocycles. The van der Waals surface area contributed by atoms with Gasteiger partial charge in [0.05, 0.1) is 6.10 Å². The molecule has 0 aliphatic heterocycles. The predicted octanol–water partition coefficient (Wildman–Crippen LogP) is 2.38. The highest BCUT2D eigenvalue weighted by atomic mass is 16.5. The number of allylic oxidation sites excluding steroid dienone is 1. The molecular weight excluding hydrogens is 263 g/mol. The predicted molar refractivity (Wildman–Crippen MR) is 85.7 cm³/mol. The summed E-state index contributed by atoms with van der Waals surface area (Å²) in [6, 6.07) is 9.71. The van der Waals surface area contributed by atoms with E-state index < -0.39 is 0 Å². The standard InChI is InChI=1S/C17H23BO3/c1-12-14(10-15(18)17(12)20-2)8-9-16(19)21-11-13-6-4-3-5-7-13/h3-9,12,14-15,17H,10-11,18H2,1-2H3/b9-8+/t12-,14+,15-,17-/m1/s1. The second kappa shape index (κ2) is 7.46. The van der Waals surface area contributed by atoms with Crippen molar-refractivity contribution in [2.75, 3.05) is 7.11 Å². The van der Waals surface area contributed by atoms with Gasteiger partial charge in [-0.15, -0.1) is 0 Å². The van der Waals surface area contributed by atoms with E-state index in [0.717, 1.165) is 12.0 Å². The molecule has 0 spiro atoms. The molecule has 1 fully saturated rings. The minimum atomic E-state index is -0.278. The van der Waals surface area contributed by atoms with Crippen LogP contribution in [0, 0.1) is 11.8 Å². The van der Waals surface area contributed by atoms with E-state index in [0.29, 0.717) is 24.3 Å². The van der Waals surface area contributed by atoms with Gasteiger partial charge in [-0.05, 0) is 29.6 Å². The van der Waals surface area contributed by atoms with Gasteiger partial charge >= 0.3 is 5.97 Å². The number of hydrogen-bond donors (Lipinski definition) is 0. The molecule has 4 atom stereocenters. The second-order valence-electron chi connectivity index (χ2n) is 5.89. The lowest BCUT2D eigenvalue weighted by atomic mass is 9.83. The first-order valence-corrected chi connectivity index (χ1v) is 7.53. The van der Waals surface area contributed by atoms with Gasteiger partial charge in [0.25, 0.3) is 0 Å². The molecule has 0 radical (unpaired) electrons. The van der Waals surface area contributed by atoms with Crippen LogP contribution in [0.2, 0.25) is 5.82 Å². The number of methoxy groups -OCH3 is 1. The summed E-state index contributed by atoms with van der Waals surface area (Å²) in [7, 11) is 3.96. The van der Waals surface area contributed by atoms with E-state index in [2.05, 4.69) is 14.8 Å². The van der Waals surface area contributed by atoms with Crippen LogP contribution in [0.5, 0.6) is 0 Å². The quantitative estimate of drug-likeness (QED) is 0.473. The Morgan fingerprint density at radius 1 is 1.38 bits per heavy atom. The van der Waals surface area contributed by atoms with E-state index in [9.17, 15) is 4.79 Å². The van der Waals surface area contributed by atoms with Crippen molar-refractivity contribution in [2.45, 2.75) is 31.9 Å². The zero-order chi connectivity index (χ0) is 15.2. The van der Waals surface area contributed by atoms with Gasteiger partial charge < -0.3 is 9.47 Å². The first-order valence-electron chi connectivity index (χ1n) is 7.53. The van der Waals surface area contributed by atoms with E-state index in [1.807, 2.05) is 36.4 Å². The molecule has 4 heteroatoms. The molecule has 112 valence electrons. The SMILES string of the molecule is B[C@@H]1C[C@H](/C=C/C(=O)OCc2ccccc2)[C@@H](C)[C@H]1OC. The molecule has 1 aromatic rings. The van der Waals surface area contributed by atoms with Crippen molar-refractivity contribution in [1.29, 1.82) is 0 Å². The van der Waals surface area contributed by atoms with Gasteiger partial charge in [-0.25, -0.2) is 4.79 Å². The summed E-state index contributed by atoms with van der Waals surface area (Å²) >= 11 is 0. The van der Waals surface area contributed by atoms with Crippen molar-refractivity contribution in [3.05, 3.63) is 48.0 Å². The van der Waals surface area contributed by atoms with Crippen molar-refractivity contribution in [3.8, 4) is 0 Å². The molecule has 0 amide bonds. The van der Waals surface area contributed by atoms with Gasteiger partial charge in [-0.3, -0.25) is 0 Å². The third kappa shape index (κ3) is 4.21. The van der Waals surface area contributed by atoms with Crippen LogP contribution in [-0.4, -0.2) is 27.0 Å². The fourth-order valence-electron chi connectivity index (χ4n) is 3.22. The Morgan fingerprint density at radius 3 is 2.71 bits per heavy atom. The Bertz CT molecular complexity index is 486. The minimum Gasteiger partial charge on any atom is -0.458 e. The van der Waals surface area contributed by atoms with Crippen LogP contribution >= 0.6 is 0 Å². The summed E-state index contributed by atoms with van der Waals surface area (Å²) < 4.78 is 10.8. The molecule has 0 unspecified atom stereocenters. The number of esters is 1. The van der Waals surface area contributed by atoms with Gasteiger partial charge in [0.15, 0.2) is 0 Å². The monoisotopic (exact) mass is 286 g/mol.